The van der Waals surface area contributed by atoms with Crippen molar-refractivity contribution < 1.29 is 13.4 Å². The van der Waals surface area contributed by atoms with Crippen LogP contribution >= 0.6 is 11.3 Å². The molecule has 0 spiro atoms. The molecule has 0 aliphatic heterocycles. The van der Waals surface area contributed by atoms with Crippen LogP contribution in [0.3, 0.4) is 0 Å². The first-order valence-electron chi connectivity index (χ1n) is 6.02. The smallest absolute Gasteiger partial charge is 0.232 e. The molecule has 0 saturated carbocycles. The molecule has 1 heterocycles. The van der Waals surface area contributed by atoms with Crippen molar-refractivity contribution in [2.24, 2.45) is 0 Å². The Balaban J connectivity index is 1.79. The summed E-state index contributed by atoms with van der Waals surface area (Å²) < 4.78 is 25.2. The van der Waals surface area contributed by atoms with E-state index in [2.05, 4.69) is 5.32 Å². The number of amides is 1. The van der Waals surface area contributed by atoms with Crippen LogP contribution < -0.4 is 5.32 Å². The number of benzene rings is 1. The Hall–Kier alpha value is -1.53. The molecule has 2 rings (SSSR count). The summed E-state index contributed by atoms with van der Waals surface area (Å²) in [5, 5.41) is 4.63. The second-order valence-corrected chi connectivity index (χ2v) is 6.67. The molecule has 2 aromatic rings. The second-order valence-electron chi connectivity index (χ2n) is 4.18. The molecule has 3 nitrogen and oxygen atoms in total. The van der Waals surface area contributed by atoms with Gasteiger partial charge in [0.25, 0.3) is 0 Å². The van der Waals surface area contributed by atoms with Gasteiger partial charge in [0.05, 0.1) is 12.3 Å². The van der Waals surface area contributed by atoms with E-state index >= 15 is 0 Å². The minimum absolute atomic E-state index is 0.0547. The lowest BCUT2D eigenvalue weighted by Gasteiger charge is -2.05. The molecule has 1 unspecified atom stereocenters. The highest BCUT2D eigenvalue weighted by atomic mass is 32.2. The van der Waals surface area contributed by atoms with Gasteiger partial charge in [0, 0.05) is 21.2 Å². The molecular formula is C14H14FNO2S2. The first-order chi connectivity index (χ1) is 9.65. The van der Waals surface area contributed by atoms with E-state index in [1.165, 1.54) is 6.07 Å². The molecular weight excluding hydrogens is 297 g/mol. The molecule has 0 saturated heterocycles. The first kappa shape index (κ1) is 14.9. The molecule has 20 heavy (non-hydrogen) atoms. The topological polar surface area (TPSA) is 46.2 Å². The van der Waals surface area contributed by atoms with E-state index in [0.717, 1.165) is 4.88 Å². The van der Waals surface area contributed by atoms with Gasteiger partial charge >= 0.3 is 0 Å². The van der Waals surface area contributed by atoms with E-state index in [1.54, 1.807) is 29.5 Å². The minimum Gasteiger partial charge on any atom is -0.350 e. The Kier molecular flexibility index (Phi) is 5.43. The predicted molar refractivity (Wildman–Crippen MR) is 79.3 cm³/mol. The van der Waals surface area contributed by atoms with Crippen LogP contribution in [0.4, 0.5) is 4.39 Å². The van der Waals surface area contributed by atoms with Gasteiger partial charge in [0.2, 0.25) is 5.91 Å². The molecule has 1 N–H and O–H groups in total. The maximum Gasteiger partial charge on any atom is 0.232 e. The molecule has 1 aromatic carbocycles. The highest BCUT2D eigenvalue weighted by Crippen LogP contribution is 2.09. The Morgan fingerprint density at radius 1 is 1.25 bits per heavy atom. The van der Waals surface area contributed by atoms with Crippen molar-refractivity contribution in [1.29, 1.82) is 0 Å². The predicted octanol–water partition coefficient (Wildman–Crippen LogP) is 2.45. The highest BCUT2D eigenvalue weighted by Gasteiger charge is 2.11. The molecule has 1 aromatic heterocycles. The minimum atomic E-state index is -1.41. The maximum absolute atomic E-state index is 13.4. The van der Waals surface area contributed by atoms with Crippen molar-refractivity contribution in [2.75, 3.05) is 5.75 Å². The number of carbonyl (C=O) groups is 1. The Morgan fingerprint density at radius 2 is 2.05 bits per heavy atom. The molecule has 0 bridgehead atoms. The number of thiophene rings is 1. The summed E-state index contributed by atoms with van der Waals surface area (Å²) in [5.74, 6) is -0.730. The van der Waals surface area contributed by atoms with Gasteiger partial charge in [-0.1, -0.05) is 24.3 Å². The van der Waals surface area contributed by atoms with E-state index < -0.39 is 10.8 Å². The second kappa shape index (κ2) is 7.31. The normalized spacial score (nSPS) is 12.1. The zero-order valence-electron chi connectivity index (χ0n) is 10.7. The molecule has 0 aliphatic carbocycles. The zero-order valence-corrected chi connectivity index (χ0v) is 12.3. The van der Waals surface area contributed by atoms with Crippen molar-refractivity contribution >= 4 is 28.0 Å². The van der Waals surface area contributed by atoms with Crippen LogP contribution in [0.25, 0.3) is 0 Å². The number of carbonyl (C=O) groups excluding carboxylic acids is 1. The van der Waals surface area contributed by atoms with E-state index in [4.69, 9.17) is 0 Å². The standard InChI is InChI=1S/C14H14FNO2S2/c15-13-6-2-1-4-11(13)9-20(18)10-14(17)16-8-12-5-3-7-19-12/h1-7H,8-10H2,(H,16,17). The summed E-state index contributed by atoms with van der Waals surface area (Å²) in [6.45, 7) is 0.438. The van der Waals surface area contributed by atoms with Crippen LogP contribution in [0, 0.1) is 5.82 Å². The number of hydrogen-bond acceptors (Lipinski definition) is 3. The Bertz CT molecular complexity index is 599. The van der Waals surface area contributed by atoms with Crippen molar-refractivity contribution in [1.82, 2.24) is 5.32 Å². The lowest BCUT2D eigenvalue weighted by atomic mass is 10.2. The van der Waals surface area contributed by atoms with E-state index in [-0.39, 0.29) is 23.2 Å². The summed E-state index contributed by atoms with van der Waals surface area (Å²) in [6.07, 6.45) is 0. The van der Waals surface area contributed by atoms with Crippen LogP contribution in [-0.2, 0) is 27.9 Å². The van der Waals surface area contributed by atoms with Gasteiger partial charge < -0.3 is 5.32 Å². The molecule has 0 radical (unpaired) electrons. The number of halogens is 1. The van der Waals surface area contributed by atoms with Gasteiger partial charge in [0.1, 0.15) is 11.6 Å². The van der Waals surface area contributed by atoms with Crippen LogP contribution in [0.1, 0.15) is 10.4 Å². The van der Waals surface area contributed by atoms with Crippen molar-refractivity contribution in [3.05, 3.63) is 58.0 Å². The zero-order chi connectivity index (χ0) is 14.4. The van der Waals surface area contributed by atoms with Crippen LogP contribution in [0.2, 0.25) is 0 Å². The monoisotopic (exact) mass is 311 g/mol. The van der Waals surface area contributed by atoms with E-state index in [9.17, 15) is 13.4 Å². The average Bonchev–Trinajstić information content (AvgIpc) is 2.92. The third-order valence-corrected chi connectivity index (χ3v) is 4.70. The molecule has 1 amide bonds. The van der Waals surface area contributed by atoms with Gasteiger partial charge in [-0.2, -0.15) is 0 Å². The molecule has 0 fully saturated rings. The van der Waals surface area contributed by atoms with Gasteiger partial charge in [-0.25, -0.2) is 4.39 Å². The van der Waals surface area contributed by atoms with E-state index in [0.29, 0.717) is 12.1 Å². The Morgan fingerprint density at radius 3 is 2.75 bits per heavy atom. The van der Waals surface area contributed by atoms with Crippen LogP contribution in [-0.4, -0.2) is 15.9 Å². The fourth-order valence-electron chi connectivity index (χ4n) is 1.64. The lowest BCUT2D eigenvalue weighted by Crippen LogP contribution is -2.28. The SMILES string of the molecule is O=C(CS(=O)Cc1ccccc1F)NCc1cccs1. The summed E-state index contributed by atoms with van der Waals surface area (Å²) in [7, 11) is -1.41. The number of nitrogens with one attached hydrogen (secondary N) is 1. The van der Waals surface area contributed by atoms with Crippen molar-refractivity contribution in [2.45, 2.75) is 12.3 Å². The summed E-state index contributed by atoms with van der Waals surface area (Å²) in [6, 6.07) is 9.99. The summed E-state index contributed by atoms with van der Waals surface area (Å²) >= 11 is 1.55. The summed E-state index contributed by atoms with van der Waals surface area (Å²) in [4.78, 5) is 12.7. The lowest BCUT2D eigenvalue weighted by molar-refractivity contribution is -0.118. The molecule has 0 aliphatic rings. The fraction of sp³-hybridized carbons (Fsp3) is 0.214. The molecule has 6 heteroatoms. The van der Waals surface area contributed by atoms with E-state index in [1.807, 2.05) is 17.5 Å². The van der Waals surface area contributed by atoms with Crippen LogP contribution in [0.5, 0.6) is 0 Å². The third kappa shape index (κ3) is 4.54. The fourth-order valence-corrected chi connectivity index (χ4v) is 3.36. The Labute approximate surface area is 123 Å². The van der Waals surface area contributed by atoms with Gasteiger partial charge in [-0.3, -0.25) is 9.00 Å². The number of rotatable bonds is 6. The highest BCUT2D eigenvalue weighted by molar-refractivity contribution is 7.84. The average molecular weight is 311 g/mol. The number of hydrogen-bond donors (Lipinski definition) is 1. The first-order valence-corrected chi connectivity index (χ1v) is 8.39. The van der Waals surface area contributed by atoms with Gasteiger partial charge in [-0.05, 0) is 17.5 Å². The van der Waals surface area contributed by atoms with Crippen LogP contribution in [0.15, 0.2) is 41.8 Å². The van der Waals surface area contributed by atoms with Gasteiger partial charge in [-0.15, -0.1) is 11.3 Å². The largest absolute Gasteiger partial charge is 0.350 e. The quantitative estimate of drug-likeness (QED) is 0.891. The molecule has 106 valence electrons. The van der Waals surface area contributed by atoms with Crippen molar-refractivity contribution in [3.63, 3.8) is 0 Å². The van der Waals surface area contributed by atoms with Crippen molar-refractivity contribution in [3.8, 4) is 0 Å². The summed E-state index contributed by atoms with van der Waals surface area (Å²) in [5.41, 5.74) is 0.372. The maximum atomic E-state index is 13.4. The third-order valence-electron chi connectivity index (χ3n) is 2.61. The molecule has 1 atom stereocenters. The van der Waals surface area contributed by atoms with Gasteiger partial charge in [0.15, 0.2) is 0 Å².